The number of ether oxygens (including phenoxy) is 6. The minimum Gasteiger partial charge on any atom is -0.490 e. The molecule has 0 saturated heterocycles. The Labute approximate surface area is 581 Å². The first-order valence-electron chi connectivity index (χ1n) is 38.4. The molecule has 536 valence electrons. The summed E-state index contributed by atoms with van der Waals surface area (Å²) in [5.41, 5.74) is 0. The van der Waals surface area contributed by atoms with Crippen molar-refractivity contribution in [1.82, 2.24) is 0 Å². The van der Waals surface area contributed by atoms with Crippen LogP contribution in [0.2, 0.25) is 0 Å². The van der Waals surface area contributed by atoms with Crippen LogP contribution < -0.4 is 42.0 Å². The quantitative estimate of drug-likeness (QED) is 0.0309. The number of hydrogen-bond acceptors (Lipinski definition) is 10. The second kappa shape index (κ2) is 60.9. The van der Waals surface area contributed by atoms with Gasteiger partial charge in [0.2, 0.25) is 17.2 Å². The van der Waals surface area contributed by atoms with Crippen molar-refractivity contribution in [2.24, 2.45) is 0 Å². The van der Waals surface area contributed by atoms with Gasteiger partial charge in [-0.2, -0.15) is 4.57 Å². The first-order chi connectivity index (χ1) is 46.9. The molecule has 0 aliphatic rings. The molecular formula is C84H135O10P. The van der Waals surface area contributed by atoms with Gasteiger partial charge in [-0.3, -0.25) is 0 Å². The Balaban J connectivity index is 2.11. The molecule has 0 aliphatic heterocycles. The predicted molar refractivity (Wildman–Crippen MR) is 405 cm³/mol. The zero-order valence-corrected chi connectivity index (χ0v) is 61.0. The zero-order chi connectivity index (χ0) is 67.9. The van der Waals surface area contributed by atoms with Gasteiger partial charge in [-0.25, -0.2) is 0 Å². The van der Waals surface area contributed by atoms with E-state index in [0.29, 0.717) is 74.1 Å². The maximum absolute atomic E-state index is 16.5. The third kappa shape index (κ3) is 43.4. The van der Waals surface area contributed by atoms with E-state index in [-0.39, 0.29) is 17.2 Å². The van der Waals surface area contributed by atoms with Crippen molar-refractivity contribution < 1.29 is 46.6 Å². The van der Waals surface area contributed by atoms with Crippen LogP contribution in [0.1, 0.15) is 308 Å². The lowest BCUT2D eigenvalue weighted by Gasteiger charge is -2.24. The number of benzene rings is 3. The molecule has 0 N–H and O–H groups in total. The zero-order valence-electron chi connectivity index (χ0n) is 60.1. The highest BCUT2D eigenvalue weighted by molar-refractivity contribution is 7.49. The molecule has 0 fully saturated rings. The van der Waals surface area contributed by atoms with Crippen molar-refractivity contribution >= 4 is 7.82 Å². The first-order valence-corrected chi connectivity index (χ1v) is 39.9. The Bertz CT molecular complexity index is 2160. The Morgan fingerprint density at radius 1 is 0.221 bits per heavy atom. The van der Waals surface area contributed by atoms with Gasteiger partial charge in [0.15, 0.2) is 34.5 Å². The molecule has 3 aromatic carbocycles. The fourth-order valence-corrected chi connectivity index (χ4v) is 12.9. The lowest BCUT2D eigenvalue weighted by Crippen LogP contribution is -2.12. The van der Waals surface area contributed by atoms with Crippen LogP contribution in [0, 0.1) is 0 Å². The van der Waals surface area contributed by atoms with Gasteiger partial charge in [0, 0.05) is 0 Å². The summed E-state index contributed by atoms with van der Waals surface area (Å²) in [7, 11) is -4.83. The van der Waals surface area contributed by atoms with Crippen molar-refractivity contribution in [2.75, 3.05) is 39.6 Å². The Hall–Kier alpha value is -5.47. The van der Waals surface area contributed by atoms with Gasteiger partial charge >= 0.3 is 7.82 Å². The summed E-state index contributed by atoms with van der Waals surface area (Å²) in [6.45, 7) is 26.0. The summed E-state index contributed by atoms with van der Waals surface area (Å²) in [6, 6.07) is 16.5. The Morgan fingerprint density at radius 2 is 0.379 bits per heavy atom. The van der Waals surface area contributed by atoms with Gasteiger partial charge in [-0.1, -0.05) is 247 Å². The van der Waals surface area contributed by atoms with E-state index in [2.05, 4.69) is 39.5 Å². The van der Waals surface area contributed by atoms with Crippen LogP contribution in [0.3, 0.4) is 0 Å². The van der Waals surface area contributed by atoms with E-state index in [1.54, 1.807) is 18.2 Å². The monoisotopic (exact) mass is 1330 g/mol. The van der Waals surface area contributed by atoms with Crippen LogP contribution in [0.25, 0.3) is 0 Å². The third-order valence-electron chi connectivity index (χ3n) is 17.3. The van der Waals surface area contributed by atoms with E-state index in [1.165, 1.54) is 154 Å². The number of para-hydroxylation sites is 3. The standard InChI is InChI=1S/C84H135O10P/c1-7-13-19-25-31-37-43-49-55-70-86-76-64-61-67-79(82(76)89-73-58-52-46-40-34-28-22-16-10-4)92-95(85,93-80-68-62-65-77(87-71-56-50-44-38-32-26-20-14-8-2)83(80)90-74-59-53-47-41-35-29-23-17-11-5)94-81-69-63-66-78(88-72-57-51-45-39-33-27-21-15-9-3)84(81)91-75-60-54-48-42-36-30-24-18-12-6/h7-12,61-69H,1-6,13-60,70-75H2. The molecule has 0 aliphatic carbocycles. The van der Waals surface area contributed by atoms with Crippen LogP contribution in [-0.2, 0) is 4.57 Å². The van der Waals surface area contributed by atoms with E-state index in [9.17, 15) is 0 Å². The Kier molecular flexibility index (Phi) is 53.7. The van der Waals surface area contributed by atoms with Gasteiger partial charge in [-0.05, 0) is 152 Å². The molecule has 0 saturated carbocycles. The summed E-state index contributed by atoms with van der Waals surface area (Å²) in [5, 5.41) is 0. The molecule has 0 bridgehead atoms. The average Bonchev–Trinajstić information content (AvgIpc) is 0.805. The first kappa shape index (κ1) is 83.8. The summed E-state index contributed by atoms with van der Waals surface area (Å²) < 4.78 is 77.0. The van der Waals surface area contributed by atoms with Crippen LogP contribution in [0.4, 0.5) is 0 Å². The van der Waals surface area contributed by atoms with Crippen molar-refractivity contribution in [3.63, 3.8) is 0 Å². The van der Waals surface area contributed by atoms with Crippen molar-refractivity contribution in [3.05, 3.63) is 131 Å². The highest BCUT2D eigenvalue weighted by atomic mass is 31.2. The molecule has 10 nitrogen and oxygen atoms in total. The van der Waals surface area contributed by atoms with Gasteiger partial charge < -0.3 is 42.0 Å². The summed E-state index contributed by atoms with van der Waals surface area (Å²) in [5.74, 6) is 3.10. The van der Waals surface area contributed by atoms with Crippen molar-refractivity contribution in [3.8, 4) is 51.7 Å². The number of unbranched alkanes of at least 4 members (excludes halogenated alkanes) is 42. The van der Waals surface area contributed by atoms with Crippen LogP contribution >= 0.6 is 7.82 Å². The van der Waals surface area contributed by atoms with Crippen LogP contribution in [-0.4, -0.2) is 39.6 Å². The van der Waals surface area contributed by atoms with E-state index < -0.39 is 7.82 Å². The highest BCUT2D eigenvalue weighted by Crippen LogP contribution is 2.57. The maximum atomic E-state index is 16.5. The molecule has 0 unspecified atom stereocenters. The number of hydrogen-bond donors (Lipinski definition) is 0. The van der Waals surface area contributed by atoms with Crippen molar-refractivity contribution in [1.29, 1.82) is 0 Å². The second-order valence-corrected chi connectivity index (χ2v) is 27.3. The molecule has 0 spiro atoms. The number of rotatable bonds is 72. The fraction of sp³-hybridized carbons (Fsp3) is 0.643. The fourth-order valence-electron chi connectivity index (χ4n) is 11.6. The van der Waals surface area contributed by atoms with Gasteiger partial charge in [0.05, 0.1) is 39.6 Å². The largest absolute Gasteiger partial charge is 0.647 e. The molecule has 3 rings (SSSR count). The average molecular weight is 1340 g/mol. The minimum absolute atomic E-state index is 0.174. The van der Waals surface area contributed by atoms with Crippen LogP contribution in [0.15, 0.2) is 131 Å². The van der Waals surface area contributed by atoms with E-state index in [4.69, 9.17) is 42.0 Å². The van der Waals surface area contributed by atoms with E-state index >= 15 is 4.57 Å². The van der Waals surface area contributed by atoms with E-state index in [0.717, 1.165) is 154 Å². The SMILES string of the molecule is C=CCCCCCCCCCOc1cccc(OP(=O)(Oc2cccc(OCCCCCCCCCC=C)c2OCCCCCCCCCC=C)Oc2cccc(OCCCCCCCCCC=C)c2OCCCCCCCCCC=C)c1OCCCCCCCCCC=C. The summed E-state index contributed by atoms with van der Waals surface area (Å²) in [6.07, 6.45) is 65.5. The topological polar surface area (TPSA) is 100 Å². The van der Waals surface area contributed by atoms with Gasteiger partial charge in [0.1, 0.15) is 0 Å². The maximum Gasteiger partial charge on any atom is 0.647 e. The second-order valence-electron chi connectivity index (χ2n) is 25.9. The number of allylic oxidation sites excluding steroid dienone is 6. The van der Waals surface area contributed by atoms with Gasteiger partial charge in [-0.15, -0.1) is 39.5 Å². The highest BCUT2D eigenvalue weighted by Gasteiger charge is 2.38. The molecule has 11 heteroatoms. The summed E-state index contributed by atoms with van der Waals surface area (Å²) >= 11 is 0. The molecule has 3 aromatic rings. The van der Waals surface area contributed by atoms with Crippen LogP contribution in [0.5, 0.6) is 51.7 Å². The molecule has 0 radical (unpaired) electrons. The molecule has 0 amide bonds. The van der Waals surface area contributed by atoms with Crippen molar-refractivity contribution in [2.45, 2.75) is 308 Å². The number of phosphoric ester groups is 1. The molecule has 0 aromatic heterocycles. The lowest BCUT2D eigenvalue weighted by atomic mass is 10.1. The number of phosphoric acid groups is 1. The lowest BCUT2D eigenvalue weighted by molar-refractivity contribution is 0.231. The normalized spacial score (nSPS) is 11.2. The molecule has 0 atom stereocenters. The molecule has 95 heavy (non-hydrogen) atoms. The minimum atomic E-state index is -4.83. The predicted octanol–water partition coefficient (Wildman–Crippen LogP) is 27.4. The molecular weight excluding hydrogens is 1200 g/mol. The Morgan fingerprint density at radius 3 is 0.568 bits per heavy atom. The van der Waals surface area contributed by atoms with Gasteiger partial charge in [0.25, 0.3) is 0 Å². The van der Waals surface area contributed by atoms with E-state index in [1.807, 2.05) is 72.9 Å². The smallest absolute Gasteiger partial charge is 0.490 e. The molecule has 0 heterocycles. The third-order valence-corrected chi connectivity index (χ3v) is 18.5. The summed E-state index contributed by atoms with van der Waals surface area (Å²) in [4.78, 5) is 0.